The molecule has 170 valence electrons. The Kier molecular flexibility index (Phi) is 5.67. The maximum atomic E-state index is 5.95. The molecule has 6 rings (SSSR count). The average Bonchev–Trinajstić information content (AvgIpc) is 3.32. The quantitative estimate of drug-likeness (QED) is 0.367. The normalized spacial score (nSPS) is 14.6. The van der Waals surface area contributed by atoms with Crippen LogP contribution in [0.2, 0.25) is 0 Å². The summed E-state index contributed by atoms with van der Waals surface area (Å²) in [6, 6.07) is 22.8. The van der Waals surface area contributed by atoms with Gasteiger partial charge >= 0.3 is 0 Å². The molecular weight excluding hydrogens is 424 g/mol. The molecule has 4 heterocycles. The Morgan fingerprint density at radius 1 is 0.882 bits per heavy atom. The minimum absolute atomic E-state index is 0.686. The zero-order valence-corrected chi connectivity index (χ0v) is 18.9. The van der Waals surface area contributed by atoms with Crippen molar-refractivity contribution in [3.63, 3.8) is 0 Å². The molecule has 1 saturated heterocycles. The van der Waals surface area contributed by atoms with Crippen molar-refractivity contribution in [1.29, 1.82) is 0 Å². The van der Waals surface area contributed by atoms with Gasteiger partial charge < -0.3 is 9.47 Å². The average molecular weight is 451 g/mol. The summed E-state index contributed by atoms with van der Waals surface area (Å²) in [5.41, 5.74) is 6.36. The van der Waals surface area contributed by atoms with E-state index in [1.54, 1.807) is 0 Å². The summed E-state index contributed by atoms with van der Waals surface area (Å²) in [7, 11) is 0. The van der Waals surface area contributed by atoms with Crippen LogP contribution in [0.5, 0.6) is 5.75 Å². The number of ether oxygens (including phenoxy) is 2. The SMILES string of the molecule is c1ccc2c(-c3cnc4cc(-c5ccc(OCCN6CCOCC6)cc5)ccn34)ccnc2c1. The summed E-state index contributed by atoms with van der Waals surface area (Å²) in [5.74, 6) is 0.894. The van der Waals surface area contributed by atoms with Crippen molar-refractivity contribution in [1.82, 2.24) is 19.3 Å². The highest BCUT2D eigenvalue weighted by Crippen LogP contribution is 2.30. The highest BCUT2D eigenvalue weighted by Gasteiger charge is 2.12. The zero-order chi connectivity index (χ0) is 22.7. The molecule has 0 radical (unpaired) electrons. The lowest BCUT2D eigenvalue weighted by Crippen LogP contribution is -2.38. The molecule has 0 bridgehead atoms. The predicted molar refractivity (Wildman–Crippen MR) is 134 cm³/mol. The first-order valence-electron chi connectivity index (χ1n) is 11.7. The minimum Gasteiger partial charge on any atom is -0.492 e. The molecule has 0 amide bonds. The number of fused-ring (bicyclic) bond motifs is 2. The van der Waals surface area contributed by atoms with Crippen LogP contribution in [0.15, 0.2) is 85.3 Å². The monoisotopic (exact) mass is 450 g/mol. The fraction of sp³-hybridized carbons (Fsp3) is 0.214. The van der Waals surface area contributed by atoms with Gasteiger partial charge in [-0.05, 0) is 47.5 Å². The van der Waals surface area contributed by atoms with Crippen LogP contribution in [0.3, 0.4) is 0 Å². The Hall–Kier alpha value is -3.74. The molecule has 6 heteroatoms. The molecule has 0 atom stereocenters. The molecule has 2 aromatic carbocycles. The number of benzene rings is 2. The number of nitrogens with zero attached hydrogens (tertiary/aromatic N) is 4. The van der Waals surface area contributed by atoms with Gasteiger partial charge in [0.2, 0.25) is 0 Å². The Bertz CT molecular complexity index is 1420. The third-order valence-electron chi connectivity index (χ3n) is 6.41. The molecule has 6 nitrogen and oxygen atoms in total. The summed E-state index contributed by atoms with van der Waals surface area (Å²) >= 11 is 0. The van der Waals surface area contributed by atoms with Crippen LogP contribution in [0.4, 0.5) is 0 Å². The first kappa shape index (κ1) is 20.8. The Balaban J connectivity index is 1.20. The first-order chi connectivity index (χ1) is 16.8. The van der Waals surface area contributed by atoms with Gasteiger partial charge in [-0.2, -0.15) is 0 Å². The predicted octanol–water partition coefficient (Wildman–Crippen LogP) is 4.93. The molecule has 0 aliphatic carbocycles. The van der Waals surface area contributed by atoms with E-state index in [9.17, 15) is 0 Å². The second kappa shape index (κ2) is 9.25. The Morgan fingerprint density at radius 3 is 2.62 bits per heavy atom. The molecule has 0 saturated carbocycles. The van der Waals surface area contributed by atoms with E-state index >= 15 is 0 Å². The van der Waals surface area contributed by atoms with Gasteiger partial charge in [-0.25, -0.2) is 4.98 Å². The molecule has 34 heavy (non-hydrogen) atoms. The molecule has 0 spiro atoms. The number of para-hydroxylation sites is 1. The van der Waals surface area contributed by atoms with Gasteiger partial charge in [-0.1, -0.05) is 30.3 Å². The van der Waals surface area contributed by atoms with Crippen molar-refractivity contribution in [2.45, 2.75) is 0 Å². The molecule has 0 N–H and O–H groups in total. The van der Waals surface area contributed by atoms with E-state index in [1.165, 1.54) is 0 Å². The van der Waals surface area contributed by atoms with Gasteiger partial charge in [0, 0.05) is 43.0 Å². The van der Waals surface area contributed by atoms with Crippen LogP contribution in [0.25, 0.3) is 38.9 Å². The largest absolute Gasteiger partial charge is 0.492 e. The van der Waals surface area contributed by atoms with Crippen LogP contribution in [-0.2, 0) is 4.74 Å². The highest BCUT2D eigenvalue weighted by molar-refractivity contribution is 5.93. The number of rotatable bonds is 6. The lowest BCUT2D eigenvalue weighted by molar-refractivity contribution is 0.0322. The second-order valence-electron chi connectivity index (χ2n) is 8.49. The summed E-state index contributed by atoms with van der Waals surface area (Å²) < 4.78 is 13.5. The van der Waals surface area contributed by atoms with Crippen molar-refractivity contribution >= 4 is 16.6 Å². The number of pyridine rings is 2. The van der Waals surface area contributed by atoms with Gasteiger partial charge in [-0.15, -0.1) is 0 Å². The third kappa shape index (κ3) is 4.14. The van der Waals surface area contributed by atoms with Gasteiger partial charge in [0.25, 0.3) is 0 Å². The van der Waals surface area contributed by atoms with Gasteiger partial charge in [0.1, 0.15) is 18.0 Å². The van der Waals surface area contributed by atoms with Crippen LogP contribution in [-0.4, -0.2) is 58.7 Å². The van der Waals surface area contributed by atoms with Crippen molar-refractivity contribution in [2.75, 3.05) is 39.5 Å². The smallest absolute Gasteiger partial charge is 0.137 e. The Morgan fingerprint density at radius 2 is 1.74 bits per heavy atom. The first-order valence-corrected chi connectivity index (χ1v) is 11.7. The van der Waals surface area contributed by atoms with E-state index in [-0.39, 0.29) is 0 Å². The molecule has 1 fully saturated rings. The van der Waals surface area contributed by atoms with Crippen molar-refractivity contribution in [3.05, 3.63) is 85.3 Å². The van der Waals surface area contributed by atoms with E-state index < -0.39 is 0 Å². The summed E-state index contributed by atoms with van der Waals surface area (Å²) in [5, 5.41) is 1.13. The van der Waals surface area contributed by atoms with Crippen molar-refractivity contribution < 1.29 is 9.47 Å². The van der Waals surface area contributed by atoms with E-state index in [2.05, 4.69) is 56.9 Å². The van der Waals surface area contributed by atoms with Crippen LogP contribution in [0, 0.1) is 0 Å². The Labute approximate surface area is 198 Å². The lowest BCUT2D eigenvalue weighted by atomic mass is 10.1. The summed E-state index contributed by atoms with van der Waals surface area (Å²) in [4.78, 5) is 11.6. The molecule has 1 aliphatic heterocycles. The highest BCUT2D eigenvalue weighted by atomic mass is 16.5. The summed E-state index contributed by atoms with van der Waals surface area (Å²) in [6.45, 7) is 5.21. The van der Waals surface area contributed by atoms with Gasteiger partial charge in [0.05, 0.1) is 30.6 Å². The topological polar surface area (TPSA) is 51.9 Å². The van der Waals surface area contributed by atoms with E-state index in [0.29, 0.717) is 6.61 Å². The number of hydrogen-bond acceptors (Lipinski definition) is 5. The van der Waals surface area contributed by atoms with Gasteiger partial charge in [0.15, 0.2) is 0 Å². The molecule has 5 aromatic rings. The van der Waals surface area contributed by atoms with Crippen molar-refractivity contribution in [3.8, 4) is 28.1 Å². The van der Waals surface area contributed by atoms with E-state index in [1.807, 2.05) is 42.7 Å². The van der Waals surface area contributed by atoms with E-state index in [0.717, 1.165) is 77.5 Å². The summed E-state index contributed by atoms with van der Waals surface area (Å²) in [6.07, 6.45) is 5.89. The minimum atomic E-state index is 0.686. The van der Waals surface area contributed by atoms with Crippen LogP contribution < -0.4 is 4.74 Å². The third-order valence-corrected chi connectivity index (χ3v) is 6.41. The lowest BCUT2D eigenvalue weighted by Gasteiger charge is -2.26. The number of aromatic nitrogens is 3. The second-order valence-corrected chi connectivity index (χ2v) is 8.49. The fourth-order valence-corrected chi connectivity index (χ4v) is 4.54. The van der Waals surface area contributed by atoms with Crippen molar-refractivity contribution in [2.24, 2.45) is 0 Å². The van der Waals surface area contributed by atoms with Crippen LogP contribution >= 0.6 is 0 Å². The standard InChI is InChI=1S/C28H26N4O2/c1-2-4-26-24(3-1)25(9-11-29-26)27-20-30-28-19-22(10-12-32(27)28)21-5-7-23(8-6-21)34-18-15-31-13-16-33-17-14-31/h1-12,19-20H,13-18H2. The maximum absolute atomic E-state index is 5.95. The van der Waals surface area contributed by atoms with Gasteiger partial charge in [-0.3, -0.25) is 14.3 Å². The molecule has 3 aromatic heterocycles. The number of morpholine rings is 1. The fourth-order valence-electron chi connectivity index (χ4n) is 4.54. The van der Waals surface area contributed by atoms with Crippen LogP contribution in [0.1, 0.15) is 0 Å². The molecular formula is C28H26N4O2. The maximum Gasteiger partial charge on any atom is 0.137 e. The zero-order valence-electron chi connectivity index (χ0n) is 18.9. The number of hydrogen-bond donors (Lipinski definition) is 0. The number of imidazole rings is 1. The molecule has 0 unspecified atom stereocenters. The van der Waals surface area contributed by atoms with E-state index in [4.69, 9.17) is 14.5 Å². The molecule has 1 aliphatic rings.